The van der Waals surface area contributed by atoms with Crippen LogP contribution in [0.1, 0.15) is 67.2 Å². The molecular weight excluding hydrogens is 338 g/mol. The van der Waals surface area contributed by atoms with Crippen LogP contribution in [-0.4, -0.2) is 50.7 Å². The van der Waals surface area contributed by atoms with Crippen molar-refractivity contribution in [2.45, 2.75) is 84.0 Å². The van der Waals surface area contributed by atoms with Crippen molar-refractivity contribution in [3.05, 3.63) is 23.0 Å². The van der Waals surface area contributed by atoms with Gasteiger partial charge in [-0.25, -0.2) is 9.67 Å². The van der Waals surface area contributed by atoms with Crippen LogP contribution in [0.15, 0.2) is 6.07 Å². The molecule has 2 atom stereocenters. The first-order valence-corrected chi connectivity index (χ1v) is 10.4. The van der Waals surface area contributed by atoms with Crippen molar-refractivity contribution in [3.8, 4) is 0 Å². The zero-order valence-corrected chi connectivity index (χ0v) is 17.0. The number of fused-ring (bicyclic) bond motifs is 3. The van der Waals surface area contributed by atoms with E-state index in [-0.39, 0.29) is 11.9 Å². The molecule has 2 fully saturated rings. The van der Waals surface area contributed by atoms with E-state index in [0.29, 0.717) is 12.1 Å². The van der Waals surface area contributed by atoms with E-state index in [9.17, 15) is 4.79 Å². The minimum absolute atomic E-state index is 0.0256. The van der Waals surface area contributed by atoms with Crippen molar-refractivity contribution in [2.24, 2.45) is 0 Å². The van der Waals surface area contributed by atoms with E-state index < -0.39 is 0 Å². The molecule has 0 aromatic carbocycles. The minimum Gasteiger partial charge on any atom is -0.349 e. The summed E-state index contributed by atoms with van der Waals surface area (Å²) >= 11 is 0. The highest BCUT2D eigenvalue weighted by atomic mass is 16.1. The fourth-order valence-corrected chi connectivity index (χ4v) is 4.91. The van der Waals surface area contributed by atoms with E-state index in [4.69, 9.17) is 4.98 Å². The van der Waals surface area contributed by atoms with Crippen molar-refractivity contribution >= 4 is 16.9 Å². The molecule has 4 rings (SSSR count). The second kappa shape index (κ2) is 7.23. The van der Waals surface area contributed by atoms with Gasteiger partial charge < -0.3 is 10.2 Å². The Morgan fingerprint density at radius 2 is 1.96 bits per heavy atom. The molecule has 2 aliphatic heterocycles. The molecule has 2 aliphatic rings. The van der Waals surface area contributed by atoms with Crippen LogP contribution in [0.5, 0.6) is 0 Å². The number of hydrogen-bond donors (Lipinski definition) is 1. The van der Waals surface area contributed by atoms with E-state index in [2.05, 4.69) is 29.3 Å². The van der Waals surface area contributed by atoms with Crippen LogP contribution in [0, 0.1) is 13.8 Å². The van der Waals surface area contributed by atoms with Gasteiger partial charge in [-0.2, -0.15) is 5.10 Å². The highest BCUT2D eigenvalue weighted by Gasteiger charge is 2.39. The third-order valence-electron chi connectivity index (χ3n) is 6.41. The Bertz CT molecular complexity index is 844. The summed E-state index contributed by atoms with van der Waals surface area (Å²) in [4.78, 5) is 20.4. The van der Waals surface area contributed by atoms with Crippen LogP contribution in [0.25, 0.3) is 11.0 Å². The smallest absolute Gasteiger partial charge is 0.252 e. The van der Waals surface area contributed by atoms with Crippen molar-refractivity contribution in [2.75, 3.05) is 7.05 Å². The van der Waals surface area contributed by atoms with Gasteiger partial charge in [0.15, 0.2) is 5.65 Å². The average Bonchev–Trinajstić information content (AvgIpc) is 3.03. The molecule has 0 radical (unpaired) electrons. The van der Waals surface area contributed by atoms with Crippen LogP contribution in [0.4, 0.5) is 0 Å². The highest BCUT2D eigenvalue weighted by Crippen LogP contribution is 2.34. The first-order chi connectivity index (χ1) is 13.0. The Morgan fingerprint density at radius 3 is 2.63 bits per heavy atom. The van der Waals surface area contributed by atoms with Crippen LogP contribution in [0.2, 0.25) is 0 Å². The lowest BCUT2D eigenvalue weighted by molar-refractivity contribution is 0.0884. The van der Waals surface area contributed by atoms with Gasteiger partial charge in [0.25, 0.3) is 5.91 Å². The molecule has 6 heteroatoms. The molecule has 0 saturated carbocycles. The Labute approximate surface area is 161 Å². The van der Waals surface area contributed by atoms with Crippen molar-refractivity contribution in [1.82, 2.24) is 25.0 Å². The lowest BCUT2D eigenvalue weighted by Crippen LogP contribution is -2.48. The van der Waals surface area contributed by atoms with Gasteiger partial charge in [-0.05, 0) is 59.1 Å². The van der Waals surface area contributed by atoms with E-state index in [1.54, 1.807) is 0 Å². The van der Waals surface area contributed by atoms with Gasteiger partial charge >= 0.3 is 0 Å². The summed E-state index contributed by atoms with van der Waals surface area (Å²) in [5, 5.41) is 8.90. The number of aromatic nitrogens is 3. The maximum Gasteiger partial charge on any atom is 0.252 e. The number of nitrogens with zero attached hydrogens (tertiary/aromatic N) is 4. The minimum atomic E-state index is 0.0256. The zero-order chi connectivity index (χ0) is 19.1. The number of carbonyl (C=O) groups excluding carboxylic acids is 1. The molecule has 27 heavy (non-hydrogen) atoms. The van der Waals surface area contributed by atoms with Gasteiger partial charge in [-0.15, -0.1) is 0 Å². The zero-order valence-electron chi connectivity index (χ0n) is 17.0. The molecule has 2 bridgehead atoms. The molecule has 2 aromatic rings. The predicted molar refractivity (Wildman–Crippen MR) is 107 cm³/mol. The number of pyridine rings is 1. The second-order valence-corrected chi connectivity index (χ2v) is 8.36. The van der Waals surface area contributed by atoms with Gasteiger partial charge in [0.05, 0.1) is 16.6 Å². The van der Waals surface area contributed by atoms with E-state index in [0.717, 1.165) is 60.2 Å². The summed E-state index contributed by atoms with van der Waals surface area (Å²) in [5.41, 5.74) is 3.33. The number of nitrogens with one attached hydrogen (secondary N) is 1. The predicted octanol–water partition coefficient (Wildman–Crippen LogP) is 3.20. The SMILES string of the molecule is CCCCn1nc(C)c2c(C(=O)NC3CC4CCC(C3)N4C)cc(C)nc21. The van der Waals surface area contributed by atoms with Crippen molar-refractivity contribution < 1.29 is 4.79 Å². The molecule has 146 valence electrons. The average molecular weight is 370 g/mol. The molecule has 0 aliphatic carbocycles. The van der Waals surface area contributed by atoms with Crippen molar-refractivity contribution in [1.29, 1.82) is 0 Å². The summed E-state index contributed by atoms with van der Waals surface area (Å²) < 4.78 is 1.97. The molecule has 6 nitrogen and oxygen atoms in total. The molecule has 2 aromatic heterocycles. The number of carbonyl (C=O) groups is 1. The van der Waals surface area contributed by atoms with Gasteiger partial charge in [0, 0.05) is 30.4 Å². The summed E-state index contributed by atoms with van der Waals surface area (Å²) in [6.07, 6.45) is 6.80. The van der Waals surface area contributed by atoms with Crippen LogP contribution >= 0.6 is 0 Å². The topological polar surface area (TPSA) is 63.1 Å². The van der Waals surface area contributed by atoms with Gasteiger partial charge in [0.2, 0.25) is 0 Å². The number of unbranched alkanes of at least 4 members (excludes halogenated alkanes) is 1. The van der Waals surface area contributed by atoms with E-state index in [1.807, 2.05) is 24.6 Å². The maximum absolute atomic E-state index is 13.2. The monoisotopic (exact) mass is 369 g/mol. The molecule has 1 amide bonds. The lowest BCUT2D eigenvalue weighted by Gasteiger charge is -2.36. The normalized spacial score (nSPS) is 25.3. The molecule has 2 unspecified atom stereocenters. The maximum atomic E-state index is 13.2. The van der Waals surface area contributed by atoms with Crippen LogP contribution in [-0.2, 0) is 6.54 Å². The molecule has 2 saturated heterocycles. The fraction of sp³-hybridized carbons (Fsp3) is 0.667. The largest absolute Gasteiger partial charge is 0.349 e. The summed E-state index contributed by atoms with van der Waals surface area (Å²) in [6.45, 7) is 6.95. The Morgan fingerprint density at radius 1 is 1.26 bits per heavy atom. The Hall–Kier alpha value is -1.95. The summed E-state index contributed by atoms with van der Waals surface area (Å²) in [6, 6.07) is 3.42. The Balaban J connectivity index is 1.61. The number of rotatable bonds is 5. The van der Waals surface area contributed by atoms with Gasteiger partial charge in [-0.1, -0.05) is 13.3 Å². The van der Waals surface area contributed by atoms with Crippen LogP contribution < -0.4 is 5.32 Å². The third-order valence-corrected chi connectivity index (χ3v) is 6.41. The standard InChI is InChI=1S/C21H31N5O/c1-5-6-9-26-20-19(14(3)24-26)18(10-13(2)22-20)21(27)23-15-11-16-7-8-17(12-15)25(16)4/h10,15-17H,5-9,11-12H2,1-4H3,(H,23,27). The number of aryl methyl sites for hydroxylation is 3. The fourth-order valence-electron chi connectivity index (χ4n) is 4.91. The number of amides is 1. The van der Waals surface area contributed by atoms with Crippen LogP contribution in [0.3, 0.4) is 0 Å². The van der Waals surface area contributed by atoms with E-state index in [1.165, 1.54) is 12.8 Å². The first-order valence-electron chi connectivity index (χ1n) is 10.4. The second-order valence-electron chi connectivity index (χ2n) is 8.36. The molecule has 1 N–H and O–H groups in total. The quantitative estimate of drug-likeness (QED) is 0.879. The lowest BCUT2D eigenvalue weighted by atomic mass is 9.97. The third kappa shape index (κ3) is 3.35. The van der Waals surface area contributed by atoms with Crippen molar-refractivity contribution in [3.63, 3.8) is 0 Å². The summed E-state index contributed by atoms with van der Waals surface area (Å²) in [5.74, 6) is 0.0256. The number of piperidine rings is 1. The number of hydrogen-bond acceptors (Lipinski definition) is 4. The Kier molecular flexibility index (Phi) is 4.93. The summed E-state index contributed by atoms with van der Waals surface area (Å²) in [7, 11) is 2.23. The van der Waals surface area contributed by atoms with Gasteiger partial charge in [0.1, 0.15) is 0 Å². The molecule has 4 heterocycles. The van der Waals surface area contributed by atoms with Gasteiger partial charge in [-0.3, -0.25) is 4.79 Å². The highest BCUT2D eigenvalue weighted by molar-refractivity contribution is 6.06. The molecule has 0 spiro atoms. The first kappa shape index (κ1) is 18.4. The molecular formula is C21H31N5O. The van der Waals surface area contributed by atoms with E-state index >= 15 is 0 Å².